The molecule has 0 aliphatic rings. The van der Waals surface area contributed by atoms with Gasteiger partial charge >= 0.3 is 59.1 Å². The summed E-state index contributed by atoms with van der Waals surface area (Å²) < 4.78 is 0. The number of amides is 2. The van der Waals surface area contributed by atoms with Crippen molar-refractivity contribution in [2.24, 2.45) is 0 Å². The molecule has 0 aromatic carbocycles. The van der Waals surface area contributed by atoms with E-state index < -0.39 is 11.9 Å². The number of carboxylic acid groups (broad SMARTS) is 2. The summed E-state index contributed by atoms with van der Waals surface area (Å²) in [6, 6.07) is 0. The molecule has 0 aliphatic heterocycles. The van der Waals surface area contributed by atoms with E-state index in [4.69, 9.17) is 0 Å². The Kier molecular flexibility index (Phi) is 53.0. The van der Waals surface area contributed by atoms with E-state index in [-0.39, 0.29) is 84.0 Å². The Balaban J connectivity index is -0.000000427. The Hall–Kier alpha value is -0.120. The molecular weight excluding hydrogens is 674 g/mol. The summed E-state index contributed by atoms with van der Waals surface area (Å²) in [4.78, 5) is 46.6. The van der Waals surface area contributed by atoms with E-state index in [0.29, 0.717) is 12.8 Å². The number of aliphatic carboxylic acids is 2. The van der Waals surface area contributed by atoms with Crippen LogP contribution in [0, 0.1) is 0 Å². The van der Waals surface area contributed by atoms with Crippen molar-refractivity contribution in [1.82, 2.24) is 9.80 Å². The summed E-state index contributed by atoms with van der Waals surface area (Å²) >= 11 is 0. The van der Waals surface area contributed by atoms with Crippen molar-refractivity contribution in [2.75, 3.05) is 27.2 Å². The van der Waals surface area contributed by atoms with Crippen LogP contribution in [0.25, 0.3) is 0 Å². The second-order valence-corrected chi connectivity index (χ2v) is 14.6. The maximum Gasteiger partial charge on any atom is 1.00 e. The van der Waals surface area contributed by atoms with Gasteiger partial charge in [0.25, 0.3) is 0 Å². The van der Waals surface area contributed by atoms with E-state index in [1.807, 2.05) is 0 Å². The molecule has 0 bridgehead atoms. The van der Waals surface area contributed by atoms with Crippen LogP contribution in [0.2, 0.25) is 0 Å². The number of hydrogen-bond acceptors (Lipinski definition) is 6. The fourth-order valence-electron chi connectivity index (χ4n) is 6.24. The van der Waals surface area contributed by atoms with Crippen LogP contribution in [0.5, 0.6) is 0 Å². The van der Waals surface area contributed by atoms with Gasteiger partial charge in [0.2, 0.25) is 11.8 Å². The van der Waals surface area contributed by atoms with Gasteiger partial charge in [0.05, 0.1) is 25.0 Å². The summed E-state index contributed by atoms with van der Waals surface area (Å²) in [6.07, 6.45) is 39.9. The first-order valence-corrected chi connectivity index (χ1v) is 21.0. The SMILES string of the molecule is CCCCCCCCCCCCCCCCCC(=O)N(C)CC(=O)[O-].CCCCCCCCCCCCCCCCCC(=O)N(C)CC(=O)[O-].[Na+].[Na+]. The van der Waals surface area contributed by atoms with Crippen molar-refractivity contribution in [2.45, 2.75) is 219 Å². The summed E-state index contributed by atoms with van der Waals surface area (Å²) in [5, 5.41) is 20.8. The largest absolute Gasteiger partial charge is 1.00 e. The Bertz CT molecular complexity index is 738. The summed E-state index contributed by atoms with van der Waals surface area (Å²) in [5.74, 6) is -2.60. The second kappa shape index (κ2) is 47.0. The van der Waals surface area contributed by atoms with Gasteiger partial charge in [-0.25, -0.2) is 0 Å². The smallest absolute Gasteiger partial charge is 0.548 e. The molecule has 0 radical (unpaired) electrons. The van der Waals surface area contributed by atoms with E-state index in [9.17, 15) is 29.4 Å². The third-order valence-corrected chi connectivity index (χ3v) is 9.57. The zero-order chi connectivity index (χ0) is 37.5. The van der Waals surface area contributed by atoms with Crippen molar-refractivity contribution >= 4 is 23.8 Å². The first kappa shape index (κ1) is 58.6. The van der Waals surface area contributed by atoms with Crippen molar-refractivity contribution in [3.8, 4) is 0 Å². The molecule has 0 aromatic heterocycles. The monoisotopic (exact) mass is 755 g/mol. The minimum absolute atomic E-state index is 0. The van der Waals surface area contributed by atoms with E-state index in [2.05, 4.69) is 13.8 Å². The number of carboxylic acids is 2. The third kappa shape index (κ3) is 47.9. The average Bonchev–Trinajstić information content (AvgIpc) is 3.07. The zero-order valence-electron chi connectivity index (χ0n) is 35.4. The molecule has 0 fully saturated rings. The van der Waals surface area contributed by atoms with Crippen LogP contribution in [-0.4, -0.2) is 60.7 Å². The molecule has 0 unspecified atom stereocenters. The molecular formula is C42H80N2Na2O6. The third-order valence-electron chi connectivity index (χ3n) is 9.57. The van der Waals surface area contributed by atoms with E-state index >= 15 is 0 Å². The van der Waals surface area contributed by atoms with Gasteiger partial charge in [-0.1, -0.05) is 194 Å². The van der Waals surface area contributed by atoms with Crippen LogP contribution in [0.1, 0.15) is 219 Å². The molecule has 8 nitrogen and oxygen atoms in total. The van der Waals surface area contributed by atoms with Gasteiger partial charge in [0, 0.05) is 26.9 Å². The number of rotatable bonds is 36. The molecule has 0 rings (SSSR count). The van der Waals surface area contributed by atoms with Gasteiger partial charge < -0.3 is 29.6 Å². The van der Waals surface area contributed by atoms with Crippen molar-refractivity contribution in [3.05, 3.63) is 0 Å². The van der Waals surface area contributed by atoms with E-state index in [1.54, 1.807) is 0 Å². The van der Waals surface area contributed by atoms with Crippen LogP contribution in [-0.2, 0) is 19.2 Å². The molecule has 296 valence electrons. The standard InChI is InChI=1S/2C21H41NO3.2Na/c2*1-3-4-5-6-7-8-9-10-11-12-13-14-15-16-17-18-20(23)22(2)19-21(24)25;;/h2*3-19H2,1-2H3,(H,24,25);;/q;;2*+1/p-2. The molecule has 0 aromatic rings. The van der Waals surface area contributed by atoms with Crippen molar-refractivity contribution in [1.29, 1.82) is 0 Å². The Morgan fingerprint density at radius 2 is 0.519 bits per heavy atom. The second-order valence-electron chi connectivity index (χ2n) is 14.6. The predicted octanol–water partition coefficient (Wildman–Crippen LogP) is 2.92. The molecule has 0 spiro atoms. The summed E-state index contributed by atoms with van der Waals surface area (Å²) in [7, 11) is 3.03. The van der Waals surface area contributed by atoms with Gasteiger partial charge in [-0.15, -0.1) is 0 Å². The first-order chi connectivity index (χ1) is 24.1. The maximum atomic E-state index is 11.6. The Morgan fingerprint density at radius 1 is 0.346 bits per heavy atom. The predicted molar refractivity (Wildman–Crippen MR) is 204 cm³/mol. The molecule has 0 saturated carbocycles. The number of nitrogens with zero attached hydrogens (tertiary/aromatic N) is 2. The normalized spacial score (nSPS) is 10.4. The number of likely N-dealkylation sites (N-methyl/N-ethyl adjacent to an activating group) is 2. The molecule has 0 aliphatic carbocycles. The van der Waals surface area contributed by atoms with Crippen LogP contribution in [0.4, 0.5) is 0 Å². The van der Waals surface area contributed by atoms with Crippen LogP contribution >= 0.6 is 0 Å². The topological polar surface area (TPSA) is 121 Å². The summed E-state index contributed by atoms with van der Waals surface area (Å²) in [6.45, 7) is 3.91. The molecule has 0 atom stereocenters. The quantitative estimate of drug-likeness (QED) is 0.0717. The molecule has 0 saturated heterocycles. The maximum absolute atomic E-state index is 11.6. The fraction of sp³-hybridized carbons (Fsp3) is 0.905. The molecule has 0 N–H and O–H groups in total. The van der Waals surface area contributed by atoms with Gasteiger partial charge in [-0.2, -0.15) is 0 Å². The van der Waals surface area contributed by atoms with Crippen LogP contribution in [0.15, 0.2) is 0 Å². The Morgan fingerprint density at radius 3 is 0.692 bits per heavy atom. The fourth-order valence-corrected chi connectivity index (χ4v) is 6.24. The van der Waals surface area contributed by atoms with Gasteiger partial charge in [-0.3, -0.25) is 9.59 Å². The van der Waals surface area contributed by atoms with Gasteiger partial charge in [0.1, 0.15) is 0 Å². The first-order valence-electron chi connectivity index (χ1n) is 21.0. The Labute approximate surface area is 365 Å². The zero-order valence-corrected chi connectivity index (χ0v) is 39.4. The van der Waals surface area contributed by atoms with Gasteiger partial charge in [0.15, 0.2) is 0 Å². The molecule has 10 heteroatoms. The van der Waals surface area contributed by atoms with Gasteiger partial charge in [-0.05, 0) is 12.8 Å². The van der Waals surface area contributed by atoms with Crippen molar-refractivity contribution in [3.63, 3.8) is 0 Å². The number of carbonyl (C=O) groups excluding carboxylic acids is 4. The van der Waals surface area contributed by atoms with Crippen LogP contribution < -0.4 is 69.3 Å². The molecule has 2 amide bonds. The molecule has 52 heavy (non-hydrogen) atoms. The minimum Gasteiger partial charge on any atom is -0.548 e. The summed E-state index contributed by atoms with van der Waals surface area (Å²) in [5.41, 5.74) is 0. The van der Waals surface area contributed by atoms with E-state index in [0.717, 1.165) is 25.7 Å². The van der Waals surface area contributed by atoms with Crippen molar-refractivity contribution < 1.29 is 88.5 Å². The number of carbonyl (C=O) groups is 4. The molecule has 0 heterocycles. The number of unbranched alkanes of at least 4 members (excludes halogenated alkanes) is 28. The number of hydrogen-bond donors (Lipinski definition) is 0. The van der Waals surface area contributed by atoms with E-state index in [1.165, 1.54) is 191 Å². The average molecular weight is 755 g/mol. The minimum atomic E-state index is -1.20. The van der Waals surface area contributed by atoms with Crippen LogP contribution in [0.3, 0.4) is 0 Å².